The third kappa shape index (κ3) is 3.63. The number of nitrogens with zero attached hydrogens (tertiary/aromatic N) is 1. The van der Waals surface area contributed by atoms with Gasteiger partial charge in [0.2, 0.25) is 0 Å². The molecule has 1 heterocycles. The van der Waals surface area contributed by atoms with Crippen molar-refractivity contribution in [2.75, 3.05) is 26.4 Å². The first-order valence-corrected chi connectivity index (χ1v) is 6.45. The molecule has 4 nitrogen and oxygen atoms in total. The van der Waals surface area contributed by atoms with Crippen molar-refractivity contribution in [3.05, 3.63) is 28.2 Å². The number of nitrogens with two attached hydrogens (primary N) is 1. The SMILES string of the molecule is NC1=NCCOc2ccc(Br)cc2C(F)(F)COC1. The topological polar surface area (TPSA) is 56.8 Å². The summed E-state index contributed by atoms with van der Waals surface area (Å²) < 4.78 is 39.0. The number of halogens is 3. The van der Waals surface area contributed by atoms with Gasteiger partial charge >= 0.3 is 0 Å². The highest BCUT2D eigenvalue weighted by molar-refractivity contribution is 9.10. The van der Waals surface area contributed by atoms with Gasteiger partial charge in [-0.05, 0) is 18.2 Å². The van der Waals surface area contributed by atoms with Crippen molar-refractivity contribution in [3.8, 4) is 5.75 Å². The summed E-state index contributed by atoms with van der Waals surface area (Å²) >= 11 is 3.17. The number of fused-ring (bicyclic) bond motifs is 1. The van der Waals surface area contributed by atoms with Crippen molar-refractivity contribution < 1.29 is 18.3 Å². The van der Waals surface area contributed by atoms with Crippen LogP contribution in [0.15, 0.2) is 27.7 Å². The second-order valence-electron chi connectivity index (χ2n) is 4.06. The molecule has 1 aliphatic heterocycles. The van der Waals surface area contributed by atoms with E-state index in [1.54, 1.807) is 6.07 Å². The van der Waals surface area contributed by atoms with E-state index in [1.807, 2.05) is 0 Å². The number of ether oxygens (including phenoxy) is 2. The molecule has 1 aromatic rings. The zero-order valence-corrected chi connectivity index (χ0v) is 11.6. The molecule has 1 aliphatic rings. The smallest absolute Gasteiger partial charge is 0.299 e. The Morgan fingerprint density at radius 2 is 2.16 bits per heavy atom. The zero-order valence-electron chi connectivity index (χ0n) is 10.0. The number of alkyl halides is 2. The van der Waals surface area contributed by atoms with E-state index >= 15 is 0 Å². The van der Waals surface area contributed by atoms with Gasteiger partial charge in [0.05, 0.1) is 12.1 Å². The Bertz CT molecular complexity index is 495. The molecule has 0 spiro atoms. The summed E-state index contributed by atoms with van der Waals surface area (Å²) in [5, 5.41) is 0. The number of rotatable bonds is 0. The van der Waals surface area contributed by atoms with E-state index in [9.17, 15) is 8.78 Å². The minimum atomic E-state index is -3.15. The van der Waals surface area contributed by atoms with E-state index in [4.69, 9.17) is 15.2 Å². The Kier molecular flexibility index (Phi) is 4.36. The van der Waals surface area contributed by atoms with Crippen LogP contribution in [0.3, 0.4) is 0 Å². The molecule has 0 amide bonds. The lowest BCUT2D eigenvalue weighted by Crippen LogP contribution is -2.26. The van der Waals surface area contributed by atoms with Gasteiger partial charge in [-0.2, -0.15) is 8.78 Å². The fourth-order valence-corrected chi connectivity index (χ4v) is 2.03. The highest BCUT2D eigenvalue weighted by Crippen LogP contribution is 2.37. The molecule has 104 valence electrons. The van der Waals surface area contributed by atoms with E-state index in [0.717, 1.165) is 0 Å². The Morgan fingerprint density at radius 1 is 1.37 bits per heavy atom. The molecule has 1 aromatic carbocycles. The summed E-state index contributed by atoms with van der Waals surface area (Å²) in [6.07, 6.45) is 0. The van der Waals surface area contributed by atoms with E-state index < -0.39 is 12.5 Å². The van der Waals surface area contributed by atoms with Crippen LogP contribution in [0.1, 0.15) is 5.56 Å². The zero-order chi connectivity index (χ0) is 13.9. The van der Waals surface area contributed by atoms with Crippen LogP contribution in [-0.2, 0) is 10.7 Å². The number of benzene rings is 1. The number of aliphatic imine (C=N–C) groups is 1. The summed E-state index contributed by atoms with van der Waals surface area (Å²) in [5.74, 6) is -2.83. The van der Waals surface area contributed by atoms with E-state index in [0.29, 0.717) is 11.0 Å². The fourth-order valence-electron chi connectivity index (χ4n) is 1.67. The lowest BCUT2D eigenvalue weighted by atomic mass is 10.1. The van der Waals surface area contributed by atoms with Gasteiger partial charge in [-0.15, -0.1) is 0 Å². The van der Waals surface area contributed by atoms with E-state index in [1.165, 1.54) is 12.1 Å². The van der Waals surface area contributed by atoms with Crippen molar-refractivity contribution in [1.82, 2.24) is 0 Å². The van der Waals surface area contributed by atoms with Gasteiger partial charge in [0.1, 0.15) is 31.4 Å². The molecule has 0 saturated carbocycles. The molecule has 0 unspecified atom stereocenters. The maximum Gasteiger partial charge on any atom is 0.299 e. The van der Waals surface area contributed by atoms with Gasteiger partial charge in [0.15, 0.2) is 0 Å². The first-order valence-electron chi connectivity index (χ1n) is 5.66. The largest absolute Gasteiger partial charge is 0.491 e. The van der Waals surface area contributed by atoms with Gasteiger partial charge in [-0.1, -0.05) is 15.9 Å². The molecule has 2 rings (SSSR count). The molecule has 19 heavy (non-hydrogen) atoms. The van der Waals surface area contributed by atoms with Crippen LogP contribution < -0.4 is 10.5 Å². The van der Waals surface area contributed by atoms with Crippen molar-refractivity contribution in [1.29, 1.82) is 0 Å². The Labute approximate surface area is 117 Å². The van der Waals surface area contributed by atoms with Crippen LogP contribution in [-0.4, -0.2) is 32.2 Å². The van der Waals surface area contributed by atoms with Gasteiger partial charge < -0.3 is 15.2 Å². The van der Waals surface area contributed by atoms with E-state index in [2.05, 4.69) is 20.9 Å². The first-order chi connectivity index (χ1) is 8.99. The molecular formula is C12H13BrF2N2O2. The highest BCUT2D eigenvalue weighted by atomic mass is 79.9. The van der Waals surface area contributed by atoms with Crippen molar-refractivity contribution >= 4 is 21.8 Å². The maximum atomic E-state index is 14.1. The van der Waals surface area contributed by atoms with Crippen LogP contribution in [0.5, 0.6) is 5.75 Å². The predicted octanol–water partition coefficient (Wildman–Crippen LogP) is 2.31. The van der Waals surface area contributed by atoms with Crippen molar-refractivity contribution in [2.45, 2.75) is 5.92 Å². The normalized spacial score (nSPS) is 19.6. The van der Waals surface area contributed by atoms with Gasteiger partial charge in [0.25, 0.3) is 5.92 Å². The third-order valence-electron chi connectivity index (χ3n) is 2.53. The minimum absolute atomic E-state index is 0.112. The summed E-state index contributed by atoms with van der Waals surface area (Å²) in [7, 11) is 0. The van der Waals surface area contributed by atoms with Crippen LogP contribution in [0.25, 0.3) is 0 Å². The second kappa shape index (κ2) is 5.83. The molecule has 0 saturated heterocycles. The first kappa shape index (κ1) is 14.2. The van der Waals surface area contributed by atoms with E-state index in [-0.39, 0.29) is 30.4 Å². The van der Waals surface area contributed by atoms with Gasteiger partial charge in [-0.3, -0.25) is 4.99 Å². The van der Waals surface area contributed by atoms with Crippen LogP contribution in [0, 0.1) is 0 Å². The Balaban J connectivity index is 2.33. The monoisotopic (exact) mass is 334 g/mol. The molecule has 0 atom stereocenters. The molecule has 0 aromatic heterocycles. The summed E-state index contributed by atoms with van der Waals surface area (Å²) in [6.45, 7) is -0.392. The van der Waals surface area contributed by atoms with Crippen LogP contribution in [0.2, 0.25) is 0 Å². The Morgan fingerprint density at radius 3 is 2.95 bits per heavy atom. The standard InChI is InChI=1S/C12H13BrF2N2O2/c13-8-1-2-10-9(5-8)12(14,15)7-18-6-11(16)17-3-4-19-10/h1-2,5H,3-4,6-7H2,(H2,16,17). The number of hydrogen-bond donors (Lipinski definition) is 1. The maximum absolute atomic E-state index is 14.1. The Hall–Kier alpha value is -1.21. The average Bonchev–Trinajstić information content (AvgIpc) is 2.37. The average molecular weight is 335 g/mol. The molecule has 0 radical (unpaired) electrons. The molecular weight excluding hydrogens is 322 g/mol. The van der Waals surface area contributed by atoms with Crippen LogP contribution in [0.4, 0.5) is 8.78 Å². The quantitative estimate of drug-likeness (QED) is 0.792. The molecule has 0 bridgehead atoms. The number of hydrogen-bond acceptors (Lipinski definition) is 4. The summed E-state index contributed by atoms with van der Waals surface area (Å²) in [5.41, 5.74) is 5.30. The lowest BCUT2D eigenvalue weighted by Gasteiger charge is -2.20. The van der Waals surface area contributed by atoms with Crippen molar-refractivity contribution in [2.24, 2.45) is 10.7 Å². The second-order valence-corrected chi connectivity index (χ2v) is 4.97. The summed E-state index contributed by atoms with van der Waals surface area (Å²) in [6, 6.07) is 4.48. The van der Waals surface area contributed by atoms with Gasteiger partial charge in [0, 0.05) is 4.47 Å². The van der Waals surface area contributed by atoms with Crippen LogP contribution >= 0.6 is 15.9 Å². The lowest BCUT2D eigenvalue weighted by molar-refractivity contribution is -0.0765. The fraction of sp³-hybridized carbons (Fsp3) is 0.417. The molecule has 7 heteroatoms. The summed E-state index contributed by atoms with van der Waals surface area (Å²) in [4.78, 5) is 3.96. The predicted molar refractivity (Wildman–Crippen MR) is 70.8 cm³/mol. The van der Waals surface area contributed by atoms with Crippen molar-refractivity contribution in [3.63, 3.8) is 0 Å². The molecule has 2 N–H and O–H groups in total. The van der Waals surface area contributed by atoms with Gasteiger partial charge in [-0.25, -0.2) is 0 Å². The number of amidine groups is 1. The molecule has 0 aliphatic carbocycles. The minimum Gasteiger partial charge on any atom is -0.491 e. The molecule has 0 fully saturated rings. The highest BCUT2D eigenvalue weighted by Gasteiger charge is 2.35. The third-order valence-corrected chi connectivity index (χ3v) is 3.03.